The summed E-state index contributed by atoms with van der Waals surface area (Å²) in [6, 6.07) is 8.07. The zero-order valence-corrected chi connectivity index (χ0v) is 23.0. The minimum Gasteiger partial charge on any atom is -0.463 e. The van der Waals surface area contributed by atoms with E-state index in [9.17, 15) is 9.90 Å². The van der Waals surface area contributed by atoms with E-state index in [1.165, 1.54) is 0 Å². The molecule has 1 unspecified atom stereocenters. The molecule has 1 amide bonds. The summed E-state index contributed by atoms with van der Waals surface area (Å²) in [5, 5.41) is 10.7. The summed E-state index contributed by atoms with van der Waals surface area (Å²) in [5.41, 5.74) is 4.25. The van der Waals surface area contributed by atoms with Crippen molar-refractivity contribution in [2.24, 2.45) is 5.92 Å². The number of imidazole rings is 1. The Kier molecular flexibility index (Phi) is 7.97. The van der Waals surface area contributed by atoms with E-state index in [1.54, 1.807) is 12.1 Å². The van der Waals surface area contributed by atoms with E-state index in [0.717, 1.165) is 85.2 Å². The summed E-state index contributed by atoms with van der Waals surface area (Å²) in [5.74, 6) is 1.80. The summed E-state index contributed by atoms with van der Waals surface area (Å²) < 4.78 is 2.21. The number of rotatable bonds is 9. The number of carbonyl (C=O) groups is 1. The molecule has 1 saturated carbocycles. The highest BCUT2D eigenvalue weighted by atomic mass is 16.7. The zero-order valence-electron chi connectivity index (χ0n) is 23.0. The number of piperazine rings is 1. The lowest BCUT2D eigenvalue weighted by atomic mass is 9.78. The molecular weight excluding hydrogens is 480 g/mol. The van der Waals surface area contributed by atoms with Crippen LogP contribution < -0.4 is 5.06 Å². The third kappa shape index (κ3) is 5.41. The zero-order chi connectivity index (χ0) is 26.8. The molecule has 0 radical (unpaired) electrons. The number of amides is 1. The van der Waals surface area contributed by atoms with Crippen molar-refractivity contribution in [2.45, 2.75) is 58.4 Å². The third-order valence-corrected chi connectivity index (χ3v) is 8.12. The summed E-state index contributed by atoms with van der Waals surface area (Å²) in [4.78, 5) is 32.3. The Morgan fingerprint density at radius 1 is 1.18 bits per heavy atom. The molecule has 3 heterocycles. The molecule has 2 aliphatic rings. The van der Waals surface area contributed by atoms with Crippen molar-refractivity contribution in [2.75, 3.05) is 44.9 Å². The van der Waals surface area contributed by atoms with Crippen molar-refractivity contribution in [1.82, 2.24) is 24.2 Å². The molecule has 1 aliphatic carbocycles. The van der Waals surface area contributed by atoms with E-state index in [2.05, 4.69) is 40.1 Å². The van der Waals surface area contributed by atoms with E-state index in [0.29, 0.717) is 24.3 Å². The number of benzene rings is 1. The molecule has 1 saturated heterocycles. The Morgan fingerprint density at radius 3 is 2.55 bits per heavy atom. The van der Waals surface area contributed by atoms with Gasteiger partial charge in [-0.2, -0.15) is 5.06 Å². The molecular formula is C29H40N6O3. The van der Waals surface area contributed by atoms with Crippen LogP contribution in [0.2, 0.25) is 0 Å². The average Bonchev–Trinajstić information content (AvgIpc) is 3.25. The number of fused-ring (bicyclic) bond motifs is 1. The first kappa shape index (κ1) is 26.6. The highest BCUT2D eigenvalue weighted by Crippen LogP contribution is 2.41. The van der Waals surface area contributed by atoms with Gasteiger partial charge in [0.25, 0.3) is 0 Å². The van der Waals surface area contributed by atoms with Gasteiger partial charge in [0, 0.05) is 56.1 Å². The Bertz CT molecular complexity index is 1250. The SMILES string of the molecule is CCCC(C)CON(C(=O)O)c1ccc(-c2nc(C3CC(N4CCN(C)CC4)C3)n3ccnc(C)c23)cc1. The van der Waals surface area contributed by atoms with Gasteiger partial charge in [-0.25, -0.2) is 9.78 Å². The number of hydrogen-bond acceptors (Lipinski definition) is 6. The number of aromatic nitrogens is 3. The minimum absolute atomic E-state index is 0.286. The van der Waals surface area contributed by atoms with Crippen LogP contribution in [0.5, 0.6) is 0 Å². The van der Waals surface area contributed by atoms with Crippen molar-refractivity contribution in [3.05, 3.63) is 48.2 Å². The van der Waals surface area contributed by atoms with Gasteiger partial charge in [0.05, 0.1) is 29.2 Å². The van der Waals surface area contributed by atoms with Gasteiger partial charge in [0.2, 0.25) is 0 Å². The number of aryl methyl sites for hydroxylation is 1. The van der Waals surface area contributed by atoms with Crippen molar-refractivity contribution in [3.8, 4) is 11.3 Å². The van der Waals surface area contributed by atoms with Gasteiger partial charge in [-0.05, 0) is 51.3 Å². The molecule has 9 nitrogen and oxygen atoms in total. The first-order valence-electron chi connectivity index (χ1n) is 13.9. The predicted octanol–water partition coefficient (Wildman–Crippen LogP) is 5.05. The highest BCUT2D eigenvalue weighted by molar-refractivity contribution is 5.85. The molecule has 1 aliphatic heterocycles. The Balaban J connectivity index is 1.36. The summed E-state index contributed by atoms with van der Waals surface area (Å²) >= 11 is 0. The van der Waals surface area contributed by atoms with Crippen LogP contribution in [0.1, 0.15) is 57.0 Å². The smallest absolute Gasteiger partial charge is 0.436 e. The molecule has 1 atom stereocenters. The molecule has 0 spiro atoms. The number of carboxylic acid groups (broad SMARTS) is 1. The highest BCUT2D eigenvalue weighted by Gasteiger charge is 2.38. The quantitative estimate of drug-likeness (QED) is 0.395. The summed E-state index contributed by atoms with van der Waals surface area (Å²) in [6.07, 6.45) is 7.03. The Labute approximate surface area is 225 Å². The van der Waals surface area contributed by atoms with Crippen LogP contribution in [-0.2, 0) is 4.84 Å². The van der Waals surface area contributed by atoms with Crippen LogP contribution in [0, 0.1) is 12.8 Å². The lowest BCUT2D eigenvalue weighted by Crippen LogP contribution is -2.52. The maximum atomic E-state index is 11.9. The van der Waals surface area contributed by atoms with E-state index >= 15 is 0 Å². The Morgan fingerprint density at radius 2 is 1.89 bits per heavy atom. The second-order valence-electron chi connectivity index (χ2n) is 11.0. The van der Waals surface area contributed by atoms with E-state index in [1.807, 2.05) is 31.5 Å². The van der Waals surface area contributed by atoms with Crippen LogP contribution >= 0.6 is 0 Å². The van der Waals surface area contributed by atoms with E-state index < -0.39 is 6.09 Å². The second kappa shape index (κ2) is 11.4. The number of hydroxylamine groups is 1. The molecule has 2 fully saturated rings. The average molecular weight is 521 g/mol. The molecule has 1 aromatic carbocycles. The maximum Gasteiger partial charge on any atom is 0.436 e. The fourth-order valence-electron chi connectivity index (χ4n) is 5.77. The molecule has 38 heavy (non-hydrogen) atoms. The Hall–Kier alpha value is -3.01. The first-order chi connectivity index (χ1) is 18.4. The summed E-state index contributed by atoms with van der Waals surface area (Å²) in [7, 11) is 2.20. The molecule has 1 N–H and O–H groups in total. The van der Waals surface area contributed by atoms with Crippen LogP contribution in [0.3, 0.4) is 0 Å². The lowest BCUT2D eigenvalue weighted by molar-refractivity contribution is 0.0586. The molecule has 9 heteroatoms. The lowest BCUT2D eigenvalue weighted by Gasteiger charge is -2.45. The van der Waals surface area contributed by atoms with Crippen LogP contribution in [0.4, 0.5) is 10.5 Å². The number of hydrogen-bond donors (Lipinski definition) is 1. The number of nitrogens with zero attached hydrogens (tertiary/aromatic N) is 6. The van der Waals surface area contributed by atoms with Crippen molar-refractivity contribution in [3.63, 3.8) is 0 Å². The fraction of sp³-hybridized carbons (Fsp3) is 0.552. The third-order valence-electron chi connectivity index (χ3n) is 8.12. The molecule has 2 aromatic heterocycles. The monoisotopic (exact) mass is 520 g/mol. The minimum atomic E-state index is -1.13. The fourth-order valence-corrected chi connectivity index (χ4v) is 5.77. The topological polar surface area (TPSA) is 86.4 Å². The van der Waals surface area contributed by atoms with Gasteiger partial charge in [-0.1, -0.05) is 32.4 Å². The maximum absolute atomic E-state index is 11.9. The summed E-state index contributed by atoms with van der Waals surface area (Å²) in [6.45, 7) is 11.1. The second-order valence-corrected chi connectivity index (χ2v) is 11.0. The number of likely N-dealkylation sites (N-methyl/N-ethyl adjacent to an activating group) is 1. The van der Waals surface area contributed by atoms with Crippen molar-refractivity contribution < 1.29 is 14.7 Å². The van der Waals surface area contributed by atoms with Gasteiger partial charge in [-0.3, -0.25) is 19.1 Å². The molecule has 0 bridgehead atoms. The standard InChI is InChI=1S/C29H40N6O3/c1-5-6-20(2)19-38-35(29(36)37)24-9-7-22(8-10-24)26-27-21(3)30-11-12-34(27)28(31-26)23-17-25(18-23)33-15-13-32(4)14-16-33/h7-12,20,23,25H,5-6,13-19H2,1-4H3,(H,36,37). The largest absolute Gasteiger partial charge is 0.463 e. The van der Waals surface area contributed by atoms with Gasteiger partial charge in [-0.15, -0.1) is 0 Å². The molecule has 204 valence electrons. The van der Waals surface area contributed by atoms with E-state index in [4.69, 9.17) is 9.82 Å². The van der Waals surface area contributed by atoms with Gasteiger partial charge in [0.1, 0.15) is 5.82 Å². The van der Waals surface area contributed by atoms with Crippen molar-refractivity contribution in [1.29, 1.82) is 0 Å². The number of anilines is 1. The predicted molar refractivity (Wildman–Crippen MR) is 149 cm³/mol. The normalized spacial score (nSPS) is 21.4. The van der Waals surface area contributed by atoms with Gasteiger partial charge < -0.3 is 10.0 Å². The van der Waals surface area contributed by atoms with Gasteiger partial charge >= 0.3 is 6.09 Å². The van der Waals surface area contributed by atoms with Gasteiger partial charge in [0.15, 0.2) is 0 Å². The van der Waals surface area contributed by atoms with Crippen molar-refractivity contribution >= 4 is 17.3 Å². The van der Waals surface area contributed by atoms with Crippen LogP contribution in [0.25, 0.3) is 16.8 Å². The molecule has 5 rings (SSSR count). The van der Waals surface area contributed by atoms with Crippen LogP contribution in [0.15, 0.2) is 36.7 Å². The van der Waals surface area contributed by atoms with E-state index in [-0.39, 0.29) is 5.92 Å². The first-order valence-corrected chi connectivity index (χ1v) is 13.9. The molecule has 3 aromatic rings. The van der Waals surface area contributed by atoms with Crippen LogP contribution in [-0.4, -0.2) is 81.2 Å².